The fourth-order valence-electron chi connectivity index (χ4n) is 3.10. The Morgan fingerprint density at radius 1 is 1.07 bits per heavy atom. The predicted molar refractivity (Wildman–Crippen MR) is 107 cm³/mol. The summed E-state index contributed by atoms with van der Waals surface area (Å²) in [5, 5.41) is 4.35. The van der Waals surface area contributed by atoms with E-state index in [1.807, 2.05) is 38.1 Å². The van der Waals surface area contributed by atoms with Crippen LogP contribution in [0.1, 0.15) is 47.4 Å². The van der Waals surface area contributed by atoms with Gasteiger partial charge in [-0.15, -0.1) is 12.4 Å². The lowest BCUT2D eigenvalue weighted by Gasteiger charge is -2.27. The van der Waals surface area contributed by atoms with E-state index in [1.54, 1.807) is 12.1 Å². The highest BCUT2D eigenvalue weighted by Crippen LogP contribution is 2.29. The molecule has 0 atom stereocenters. The Bertz CT molecular complexity index is 839. The SMILES string of the molecule is CC(C)(N)CNC(=O)CCCN1C(=O)c2cccc3cccc(c23)C1=O.Cl. The first-order valence-electron chi connectivity index (χ1n) is 8.71. The molecule has 0 unspecified atom stereocenters. The Balaban J connectivity index is 0.00000261. The molecule has 3 amide bonds. The Labute approximate surface area is 164 Å². The van der Waals surface area contributed by atoms with E-state index >= 15 is 0 Å². The fourth-order valence-corrected chi connectivity index (χ4v) is 3.10. The minimum absolute atomic E-state index is 0. The van der Waals surface area contributed by atoms with Crippen molar-refractivity contribution in [3.05, 3.63) is 47.5 Å². The van der Waals surface area contributed by atoms with Crippen LogP contribution in [-0.2, 0) is 4.79 Å². The van der Waals surface area contributed by atoms with Gasteiger partial charge in [0.25, 0.3) is 11.8 Å². The molecule has 0 spiro atoms. The molecule has 0 aromatic heterocycles. The van der Waals surface area contributed by atoms with Gasteiger partial charge in [0.1, 0.15) is 0 Å². The van der Waals surface area contributed by atoms with Crippen molar-refractivity contribution in [1.82, 2.24) is 10.2 Å². The van der Waals surface area contributed by atoms with Gasteiger partial charge in [0.15, 0.2) is 0 Å². The summed E-state index contributed by atoms with van der Waals surface area (Å²) in [6.07, 6.45) is 0.644. The fraction of sp³-hybridized carbons (Fsp3) is 0.350. The van der Waals surface area contributed by atoms with E-state index in [4.69, 9.17) is 5.73 Å². The molecule has 27 heavy (non-hydrogen) atoms. The molecule has 0 saturated carbocycles. The number of nitrogens with one attached hydrogen (secondary N) is 1. The molecule has 0 radical (unpaired) electrons. The first-order valence-corrected chi connectivity index (χ1v) is 8.71. The summed E-state index contributed by atoms with van der Waals surface area (Å²) < 4.78 is 0. The lowest BCUT2D eigenvalue weighted by molar-refractivity contribution is -0.121. The number of carbonyl (C=O) groups excluding carboxylic acids is 3. The number of nitrogens with two attached hydrogens (primary N) is 1. The maximum absolute atomic E-state index is 12.7. The van der Waals surface area contributed by atoms with E-state index in [0.29, 0.717) is 29.5 Å². The average molecular weight is 390 g/mol. The summed E-state index contributed by atoms with van der Waals surface area (Å²) in [4.78, 5) is 38.6. The van der Waals surface area contributed by atoms with Gasteiger partial charge >= 0.3 is 0 Å². The first-order chi connectivity index (χ1) is 12.3. The zero-order valence-electron chi connectivity index (χ0n) is 15.5. The molecule has 3 N–H and O–H groups in total. The molecule has 1 heterocycles. The van der Waals surface area contributed by atoms with Crippen LogP contribution in [0.25, 0.3) is 10.8 Å². The number of hydrogen-bond acceptors (Lipinski definition) is 4. The minimum atomic E-state index is -0.475. The Morgan fingerprint density at radius 2 is 1.63 bits per heavy atom. The molecular weight excluding hydrogens is 366 g/mol. The summed E-state index contributed by atoms with van der Waals surface area (Å²) in [5.74, 6) is -0.742. The van der Waals surface area contributed by atoms with Gasteiger partial charge in [0.2, 0.25) is 5.91 Å². The van der Waals surface area contributed by atoms with Gasteiger partial charge in [-0.1, -0.05) is 24.3 Å². The smallest absolute Gasteiger partial charge is 0.261 e. The molecule has 0 aliphatic carbocycles. The van der Waals surface area contributed by atoms with Crippen LogP contribution in [-0.4, -0.2) is 41.2 Å². The number of halogens is 1. The van der Waals surface area contributed by atoms with Crippen LogP contribution in [0.2, 0.25) is 0 Å². The summed E-state index contributed by atoms with van der Waals surface area (Å²) in [7, 11) is 0. The number of amides is 3. The van der Waals surface area contributed by atoms with Crippen molar-refractivity contribution in [3.8, 4) is 0 Å². The number of nitrogens with zero attached hydrogens (tertiary/aromatic N) is 1. The third-order valence-corrected chi connectivity index (χ3v) is 4.38. The molecule has 1 aliphatic heterocycles. The first kappa shape index (κ1) is 20.9. The van der Waals surface area contributed by atoms with Gasteiger partial charge in [0.05, 0.1) is 0 Å². The monoisotopic (exact) mass is 389 g/mol. The normalized spacial score (nSPS) is 13.5. The van der Waals surface area contributed by atoms with Crippen LogP contribution < -0.4 is 11.1 Å². The molecule has 1 aliphatic rings. The van der Waals surface area contributed by atoms with Crippen molar-refractivity contribution in [1.29, 1.82) is 0 Å². The zero-order chi connectivity index (χ0) is 18.9. The van der Waals surface area contributed by atoms with E-state index < -0.39 is 5.54 Å². The third-order valence-electron chi connectivity index (χ3n) is 4.38. The van der Waals surface area contributed by atoms with E-state index in [0.717, 1.165) is 5.39 Å². The molecule has 2 aromatic carbocycles. The highest BCUT2D eigenvalue weighted by molar-refractivity contribution is 6.25. The quantitative estimate of drug-likeness (QED) is 0.742. The largest absolute Gasteiger partial charge is 0.354 e. The predicted octanol–water partition coefficient (Wildman–Crippen LogP) is 2.49. The van der Waals surface area contributed by atoms with E-state index in [2.05, 4.69) is 5.32 Å². The van der Waals surface area contributed by atoms with E-state index in [-0.39, 0.29) is 43.1 Å². The molecule has 6 nitrogen and oxygen atoms in total. The highest BCUT2D eigenvalue weighted by atomic mass is 35.5. The second kappa shape index (κ2) is 8.06. The van der Waals surface area contributed by atoms with E-state index in [1.165, 1.54) is 4.90 Å². The third kappa shape index (κ3) is 4.46. The number of rotatable bonds is 6. The maximum Gasteiger partial charge on any atom is 0.261 e. The Hall–Kier alpha value is -2.44. The Kier molecular flexibility index (Phi) is 6.23. The van der Waals surface area contributed by atoms with Gasteiger partial charge in [0, 0.05) is 41.6 Å². The van der Waals surface area contributed by atoms with Crippen LogP contribution >= 0.6 is 12.4 Å². The maximum atomic E-state index is 12.7. The number of imide groups is 1. The van der Waals surface area contributed by atoms with Gasteiger partial charge in [-0.25, -0.2) is 0 Å². The minimum Gasteiger partial charge on any atom is -0.354 e. The lowest BCUT2D eigenvalue weighted by Crippen LogP contribution is -2.45. The van der Waals surface area contributed by atoms with Crippen molar-refractivity contribution in [2.45, 2.75) is 32.2 Å². The van der Waals surface area contributed by atoms with Crippen molar-refractivity contribution >= 4 is 40.9 Å². The topological polar surface area (TPSA) is 92.5 Å². The molecule has 0 fully saturated rings. The second-order valence-electron chi connectivity index (χ2n) is 7.34. The van der Waals surface area contributed by atoms with Crippen LogP contribution in [0.5, 0.6) is 0 Å². The van der Waals surface area contributed by atoms with Crippen molar-refractivity contribution in [2.24, 2.45) is 5.73 Å². The van der Waals surface area contributed by atoms with Gasteiger partial charge < -0.3 is 11.1 Å². The number of hydrogen-bond donors (Lipinski definition) is 2. The van der Waals surface area contributed by atoms with Crippen molar-refractivity contribution in [2.75, 3.05) is 13.1 Å². The lowest BCUT2D eigenvalue weighted by atomic mass is 9.94. The van der Waals surface area contributed by atoms with Crippen LogP contribution in [0.3, 0.4) is 0 Å². The number of carbonyl (C=O) groups is 3. The van der Waals surface area contributed by atoms with Crippen molar-refractivity contribution in [3.63, 3.8) is 0 Å². The Morgan fingerprint density at radius 3 is 2.15 bits per heavy atom. The van der Waals surface area contributed by atoms with Gasteiger partial charge in [-0.05, 0) is 37.8 Å². The van der Waals surface area contributed by atoms with Gasteiger partial charge in [-0.2, -0.15) is 0 Å². The molecule has 2 aromatic rings. The van der Waals surface area contributed by atoms with Gasteiger partial charge in [-0.3, -0.25) is 19.3 Å². The van der Waals surface area contributed by atoms with E-state index in [9.17, 15) is 14.4 Å². The molecule has 3 rings (SSSR count). The molecule has 144 valence electrons. The standard InChI is InChI=1S/C20H23N3O3.ClH/c1-20(2,21)12-22-16(24)10-5-11-23-18(25)14-8-3-6-13-7-4-9-15(17(13)14)19(23)26;/h3-4,6-9H,5,10-12,21H2,1-2H3,(H,22,24);1H. The second-order valence-corrected chi connectivity index (χ2v) is 7.34. The van der Waals surface area contributed by atoms with Crippen LogP contribution in [0.15, 0.2) is 36.4 Å². The van der Waals surface area contributed by atoms with Crippen molar-refractivity contribution < 1.29 is 14.4 Å². The summed E-state index contributed by atoms with van der Waals surface area (Å²) in [6.45, 7) is 4.25. The van der Waals surface area contributed by atoms with Crippen LogP contribution in [0, 0.1) is 0 Å². The molecule has 0 bridgehead atoms. The zero-order valence-corrected chi connectivity index (χ0v) is 16.3. The summed E-state index contributed by atoms with van der Waals surface area (Å²) in [6, 6.07) is 10.9. The molecule has 0 saturated heterocycles. The van der Waals surface area contributed by atoms with Crippen LogP contribution in [0.4, 0.5) is 0 Å². The number of benzene rings is 2. The summed E-state index contributed by atoms with van der Waals surface area (Å²) >= 11 is 0. The molecular formula is C20H24ClN3O3. The molecule has 7 heteroatoms. The highest BCUT2D eigenvalue weighted by Gasteiger charge is 2.32. The average Bonchev–Trinajstić information content (AvgIpc) is 2.60. The summed E-state index contributed by atoms with van der Waals surface area (Å²) in [5.41, 5.74) is 6.43.